The van der Waals surface area contributed by atoms with Gasteiger partial charge in [0.05, 0.1) is 16.8 Å². The number of hydrogen-bond donors (Lipinski definition) is 0. The second-order valence-corrected chi connectivity index (χ2v) is 3.61. The third kappa shape index (κ3) is 1.74. The maximum atomic E-state index is 13.4. The van der Waals surface area contributed by atoms with E-state index in [2.05, 4.69) is 5.10 Å². The van der Waals surface area contributed by atoms with Crippen LogP contribution in [0.5, 0.6) is 0 Å². The van der Waals surface area contributed by atoms with Gasteiger partial charge >= 0.3 is 0 Å². The SMILES string of the molecule is Cc1nn(C)cc1C(=O)c1ccccc1F. The van der Waals surface area contributed by atoms with Crippen molar-refractivity contribution in [2.24, 2.45) is 7.05 Å². The highest BCUT2D eigenvalue weighted by atomic mass is 19.1. The fraction of sp³-hybridized carbons (Fsp3) is 0.167. The molecule has 0 aliphatic rings. The third-order valence-electron chi connectivity index (χ3n) is 2.38. The molecule has 0 atom stereocenters. The quantitative estimate of drug-likeness (QED) is 0.723. The van der Waals surface area contributed by atoms with E-state index < -0.39 is 5.82 Å². The van der Waals surface area contributed by atoms with Gasteiger partial charge in [-0.05, 0) is 19.1 Å². The van der Waals surface area contributed by atoms with Crippen molar-refractivity contribution in [1.82, 2.24) is 9.78 Å². The highest BCUT2D eigenvalue weighted by Gasteiger charge is 2.17. The average Bonchev–Trinajstić information content (AvgIpc) is 2.58. The zero-order chi connectivity index (χ0) is 11.7. The number of hydrogen-bond acceptors (Lipinski definition) is 2. The zero-order valence-corrected chi connectivity index (χ0v) is 9.07. The van der Waals surface area contributed by atoms with Crippen molar-refractivity contribution >= 4 is 5.78 Å². The molecule has 3 nitrogen and oxygen atoms in total. The van der Waals surface area contributed by atoms with E-state index in [1.54, 1.807) is 37.0 Å². The van der Waals surface area contributed by atoms with Crippen molar-refractivity contribution in [1.29, 1.82) is 0 Å². The Balaban J connectivity index is 2.47. The zero-order valence-electron chi connectivity index (χ0n) is 9.07. The molecule has 4 heteroatoms. The van der Waals surface area contributed by atoms with Crippen LogP contribution in [0.1, 0.15) is 21.6 Å². The number of aryl methyl sites for hydroxylation is 2. The van der Waals surface area contributed by atoms with Crippen LogP contribution in [0.4, 0.5) is 4.39 Å². The molecule has 0 saturated carbocycles. The highest BCUT2D eigenvalue weighted by molar-refractivity contribution is 6.09. The summed E-state index contributed by atoms with van der Waals surface area (Å²) in [5, 5.41) is 4.06. The minimum Gasteiger partial charge on any atom is -0.288 e. The van der Waals surface area contributed by atoms with E-state index in [1.165, 1.54) is 12.1 Å². The number of ketones is 1. The molecule has 16 heavy (non-hydrogen) atoms. The lowest BCUT2D eigenvalue weighted by Gasteiger charge is -2.00. The fourth-order valence-electron chi connectivity index (χ4n) is 1.61. The standard InChI is InChI=1S/C12H11FN2O/c1-8-10(7-15(2)14-8)12(16)9-5-3-4-6-11(9)13/h3-7H,1-2H3. The molecule has 1 aromatic carbocycles. The maximum Gasteiger partial charge on any atom is 0.199 e. The third-order valence-corrected chi connectivity index (χ3v) is 2.38. The summed E-state index contributed by atoms with van der Waals surface area (Å²) < 4.78 is 15.0. The Morgan fingerprint density at radius 3 is 2.56 bits per heavy atom. The number of benzene rings is 1. The molecule has 2 rings (SSSR count). The van der Waals surface area contributed by atoms with Gasteiger partial charge in [0.2, 0.25) is 0 Å². The van der Waals surface area contributed by atoms with E-state index in [0.717, 1.165) is 0 Å². The normalized spacial score (nSPS) is 10.4. The van der Waals surface area contributed by atoms with Crippen LogP contribution in [0.25, 0.3) is 0 Å². The first-order valence-corrected chi connectivity index (χ1v) is 4.89. The van der Waals surface area contributed by atoms with Gasteiger partial charge in [0.15, 0.2) is 5.78 Å². The first kappa shape index (κ1) is 10.5. The van der Waals surface area contributed by atoms with Crippen LogP contribution in [-0.2, 0) is 7.05 Å². The van der Waals surface area contributed by atoms with E-state index >= 15 is 0 Å². The van der Waals surface area contributed by atoms with Crippen LogP contribution >= 0.6 is 0 Å². The second-order valence-electron chi connectivity index (χ2n) is 3.61. The van der Waals surface area contributed by atoms with E-state index in [4.69, 9.17) is 0 Å². The largest absolute Gasteiger partial charge is 0.288 e. The second kappa shape index (κ2) is 3.89. The first-order valence-electron chi connectivity index (χ1n) is 4.89. The van der Waals surface area contributed by atoms with Crippen molar-refractivity contribution < 1.29 is 9.18 Å². The van der Waals surface area contributed by atoms with Gasteiger partial charge in [0, 0.05) is 13.2 Å². The summed E-state index contributed by atoms with van der Waals surface area (Å²) in [5.74, 6) is -0.834. The smallest absolute Gasteiger partial charge is 0.199 e. The van der Waals surface area contributed by atoms with Crippen molar-refractivity contribution in [3.63, 3.8) is 0 Å². The number of nitrogens with zero attached hydrogens (tertiary/aromatic N) is 2. The summed E-state index contributed by atoms with van der Waals surface area (Å²) in [7, 11) is 1.73. The predicted molar refractivity (Wildman–Crippen MR) is 57.8 cm³/mol. The summed E-state index contributed by atoms with van der Waals surface area (Å²) in [4.78, 5) is 12.0. The Labute approximate surface area is 92.5 Å². The maximum absolute atomic E-state index is 13.4. The van der Waals surface area contributed by atoms with Crippen LogP contribution < -0.4 is 0 Å². The number of carbonyl (C=O) groups excluding carboxylic acids is 1. The molecule has 1 heterocycles. The van der Waals surface area contributed by atoms with E-state index in [9.17, 15) is 9.18 Å². The summed E-state index contributed by atoms with van der Waals surface area (Å²) >= 11 is 0. The summed E-state index contributed by atoms with van der Waals surface area (Å²) in [6.45, 7) is 1.73. The van der Waals surface area contributed by atoms with Gasteiger partial charge < -0.3 is 0 Å². The van der Waals surface area contributed by atoms with Crippen LogP contribution in [-0.4, -0.2) is 15.6 Å². The Morgan fingerprint density at radius 2 is 2.00 bits per heavy atom. The molecular weight excluding hydrogens is 207 g/mol. The van der Waals surface area contributed by atoms with Crippen LogP contribution in [0, 0.1) is 12.7 Å². The molecule has 0 aliphatic heterocycles. The molecule has 0 amide bonds. The fourth-order valence-corrected chi connectivity index (χ4v) is 1.61. The van der Waals surface area contributed by atoms with Gasteiger partial charge in [-0.2, -0.15) is 5.10 Å². The Morgan fingerprint density at radius 1 is 1.31 bits per heavy atom. The molecule has 0 saturated heterocycles. The van der Waals surface area contributed by atoms with Gasteiger partial charge in [-0.25, -0.2) is 4.39 Å². The number of aromatic nitrogens is 2. The van der Waals surface area contributed by atoms with Gasteiger partial charge in [0.25, 0.3) is 0 Å². The minimum atomic E-state index is -0.504. The van der Waals surface area contributed by atoms with Crippen molar-refractivity contribution in [3.05, 3.63) is 53.1 Å². The van der Waals surface area contributed by atoms with Crippen LogP contribution in [0.15, 0.2) is 30.5 Å². The van der Waals surface area contributed by atoms with E-state index in [0.29, 0.717) is 11.3 Å². The lowest BCUT2D eigenvalue weighted by Crippen LogP contribution is -2.04. The lowest BCUT2D eigenvalue weighted by molar-refractivity contribution is 0.103. The molecule has 0 fully saturated rings. The van der Waals surface area contributed by atoms with Crippen molar-refractivity contribution in [2.75, 3.05) is 0 Å². The minimum absolute atomic E-state index is 0.0820. The molecule has 0 aliphatic carbocycles. The summed E-state index contributed by atoms with van der Waals surface area (Å²) in [5.41, 5.74) is 1.13. The predicted octanol–water partition coefficient (Wildman–Crippen LogP) is 2.10. The molecule has 0 unspecified atom stereocenters. The van der Waals surface area contributed by atoms with Gasteiger partial charge in [-0.3, -0.25) is 9.48 Å². The van der Waals surface area contributed by atoms with Gasteiger partial charge in [0.1, 0.15) is 5.82 Å². The molecule has 0 spiro atoms. The highest BCUT2D eigenvalue weighted by Crippen LogP contribution is 2.15. The van der Waals surface area contributed by atoms with Gasteiger partial charge in [-0.15, -0.1) is 0 Å². The monoisotopic (exact) mass is 218 g/mol. The van der Waals surface area contributed by atoms with Crippen molar-refractivity contribution in [3.8, 4) is 0 Å². The Hall–Kier alpha value is -1.97. The molecule has 1 aromatic heterocycles. The molecule has 0 N–H and O–H groups in total. The van der Waals surface area contributed by atoms with E-state index in [-0.39, 0.29) is 11.3 Å². The summed E-state index contributed by atoms with van der Waals surface area (Å²) in [6, 6.07) is 5.95. The number of rotatable bonds is 2. The van der Waals surface area contributed by atoms with Gasteiger partial charge in [-0.1, -0.05) is 12.1 Å². The first-order chi connectivity index (χ1) is 7.59. The van der Waals surface area contributed by atoms with Crippen LogP contribution in [0.2, 0.25) is 0 Å². The Bertz CT molecular complexity index is 546. The number of carbonyl (C=O) groups is 1. The molecule has 0 bridgehead atoms. The average molecular weight is 218 g/mol. The molecule has 82 valence electrons. The Kier molecular flexibility index (Phi) is 2.56. The number of halogens is 1. The molecule has 0 radical (unpaired) electrons. The van der Waals surface area contributed by atoms with E-state index in [1.807, 2.05) is 0 Å². The lowest BCUT2D eigenvalue weighted by atomic mass is 10.0. The van der Waals surface area contributed by atoms with Crippen LogP contribution in [0.3, 0.4) is 0 Å². The topological polar surface area (TPSA) is 34.9 Å². The summed E-state index contributed by atoms with van der Waals surface area (Å²) in [6.07, 6.45) is 1.60. The molecule has 2 aromatic rings. The molecular formula is C12H11FN2O. The van der Waals surface area contributed by atoms with Crippen molar-refractivity contribution in [2.45, 2.75) is 6.92 Å².